The van der Waals surface area contributed by atoms with E-state index in [9.17, 15) is 0 Å². The molecule has 1 aromatic rings. The van der Waals surface area contributed by atoms with Crippen molar-refractivity contribution in [2.24, 2.45) is 0 Å². The molecule has 1 heterocycles. The van der Waals surface area contributed by atoms with Gasteiger partial charge in [-0.3, -0.25) is 4.90 Å². The average molecular weight is 274 g/mol. The van der Waals surface area contributed by atoms with Gasteiger partial charge in [0.1, 0.15) is 0 Å². The molecule has 0 amide bonds. The first-order valence-electron chi connectivity index (χ1n) is 8.04. The fraction of sp³-hybridized carbons (Fsp3) is 0.667. The summed E-state index contributed by atoms with van der Waals surface area (Å²) in [6.07, 6.45) is 2.74. The topological polar surface area (TPSA) is 15.3 Å². The van der Waals surface area contributed by atoms with Crippen LogP contribution in [0.15, 0.2) is 12.1 Å². The predicted octanol–water partition coefficient (Wildman–Crippen LogP) is 3.75. The number of nitrogens with zero attached hydrogens (tertiary/aromatic N) is 1. The molecule has 2 rings (SSSR count). The summed E-state index contributed by atoms with van der Waals surface area (Å²) < 4.78 is 0. The van der Waals surface area contributed by atoms with Gasteiger partial charge in [0.2, 0.25) is 0 Å². The van der Waals surface area contributed by atoms with Crippen molar-refractivity contribution in [2.75, 3.05) is 19.6 Å². The summed E-state index contributed by atoms with van der Waals surface area (Å²) in [6, 6.07) is 5.74. The molecule has 0 saturated carbocycles. The minimum Gasteiger partial charge on any atom is -0.309 e. The van der Waals surface area contributed by atoms with Crippen LogP contribution in [0, 0.1) is 20.8 Å². The molecule has 112 valence electrons. The highest BCUT2D eigenvalue weighted by molar-refractivity contribution is 5.38. The molecule has 2 atom stereocenters. The molecule has 0 radical (unpaired) electrons. The first kappa shape index (κ1) is 15.5. The summed E-state index contributed by atoms with van der Waals surface area (Å²) in [5, 5.41) is 3.72. The standard InChI is InChI=1S/C18H30N2/c1-13-10-15(3)18(11-14(13)2)17(5)19-12-16(4)20-8-6-7-9-20/h10-11,16-17,19H,6-9,12H2,1-5H3. The molecule has 0 aliphatic carbocycles. The molecule has 1 aromatic carbocycles. The van der Waals surface area contributed by atoms with Gasteiger partial charge in [0.15, 0.2) is 0 Å². The number of aryl methyl sites for hydroxylation is 3. The first-order chi connectivity index (χ1) is 9.49. The molecule has 1 fully saturated rings. The molecule has 2 heteroatoms. The maximum atomic E-state index is 3.72. The van der Waals surface area contributed by atoms with Crippen LogP contribution in [0.5, 0.6) is 0 Å². The summed E-state index contributed by atoms with van der Waals surface area (Å²) in [6.45, 7) is 14.9. The highest BCUT2D eigenvalue weighted by Crippen LogP contribution is 2.22. The average Bonchev–Trinajstić information content (AvgIpc) is 2.94. The van der Waals surface area contributed by atoms with Gasteiger partial charge in [-0.05, 0) is 82.8 Å². The molecular formula is C18H30N2. The van der Waals surface area contributed by atoms with Crippen LogP contribution in [-0.2, 0) is 0 Å². The molecule has 1 aliphatic heterocycles. The van der Waals surface area contributed by atoms with Gasteiger partial charge in [-0.2, -0.15) is 0 Å². The van der Waals surface area contributed by atoms with Gasteiger partial charge in [0.25, 0.3) is 0 Å². The van der Waals surface area contributed by atoms with Crippen molar-refractivity contribution in [3.63, 3.8) is 0 Å². The summed E-state index contributed by atoms with van der Waals surface area (Å²) >= 11 is 0. The summed E-state index contributed by atoms with van der Waals surface area (Å²) in [4.78, 5) is 2.60. The SMILES string of the molecule is Cc1cc(C)c(C(C)NCC(C)N2CCCC2)cc1C. The zero-order valence-electron chi connectivity index (χ0n) is 13.8. The number of benzene rings is 1. The van der Waals surface area contributed by atoms with Crippen molar-refractivity contribution >= 4 is 0 Å². The van der Waals surface area contributed by atoms with Gasteiger partial charge >= 0.3 is 0 Å². The van der Waals surface area contributed by atoms with Crippen LogP contribution in [0.4, 0.5) is 0 Å². The molecule has 0 aromatic heterocycles. The summed E-state index contributed by atoms with van der Waals surface area (Å²) in [5.41, 5.74) is 5.64. The molecule has 1 N–H and O–H groups in total. The van der Waals surface area contributed by atoms with E-state index in [1.54, 1.807) is 0 Å². The highest BCUT2D eigenvalue weighted by Gasteiger charge is 2.18. The lowest BCUT2D eigenvalue weighted by Gasteiger charge is -2.26. The Morgan fingerprint density at radius 3 is 2.25 bits per heavy atom. The Morgan fingerprint density at radius 1 is 1.00 bits per heavy atom. The summed E-state index contributed by atoms with van der Waals surface area (Å²) in [5.74, 6) is 0. The Labute approximate surface area is 124 Å². The lowest BCUT2D eigenvalue weighted by atomic mass is 9.96. The van der Waals surface area contributed by atoms with Crippen molar-refractivity contribution in [1.29, 1.82) is 0 Å². The largest absolute Gasteiger partial charge is 0.309 e. The van der Waals surface area contributed by atoms with Crippen LogP contribution < -0.4 is 5.32 Å². The number of likely N-dealkylation sites (tertiary alicyclic amines) is 1. The molecule has 1 saturated heterocycles. The predicted molar refractivity (Wildman–Crippen MR) is 87.3 cm³/mol. The van der Waals surface area contributed by atoms with Gasteiger partial charge < -0.3 is 5.32 Å². The Morgan fingerprint density at radius 2 is 1.60 bits per heavy atom. The van der Waals surface area contributed by atoms with Gasteiger partial charge in [0, 0.05) is 18.6 Å². The van der Waals surface area contributed by atoms with E-state index < -0.39 is 0 Å². The van der Waals surface area contributed by atoms with Crippen LogP contribution in [0.2, 0.25) is 0 Å². The first-order valence-corrected chi connectivity index (χ1v) is 8.04. The Kier molecular flexibility index (Phi) is 5.22. The van der Waals surface area contributed by atoms with Crippen LogP contribution in [0.3, 0.4) is 0 Å². The van der Waals surface area contributed by atoms with E-state index >= 15 is 0 Å². The lowest BCUT2D eigenvalue weighted by Crippen LogP contribution is -2.39. The lowest BCUT2D eigenvalue weighted by molar-refractivity contribution is 0.247. The monoisotopic (exact) mass is 274 g/mol. The minimum atomic E-state index is 0.430. The van der Waals surface area contributed by atoms with E-state index in [2.05, 4.69) is 57.0 Å². The van der Waals surface area contributed by atoms with Gasteiger partial charge in [-0.25, -0.2) is 0 Å². The van der Waals surface area contributed by atoms with Crippen molar-refractivity contribution in [3.8, 4) is 0 Å². The Bertz CT molecular complexity index is 447. The third kappa shape index (κ3) is 3.62. The van der Waals surface area contributed by atoms with Crippen molar-refractivity contribution < 1.29 is 0 Å². The number of nitrogens with one attached hydrogen (secondary N) is 1. The van der Waals surface area contributed by atoms with Gasteiger partial charge in [-0.1, -0.05) is 12.1 Å². The zero-order chi connectivity index (χ0) is 14.7. The molecular weight excluding hydrogens is 244 g/mol. The number of hydrogen-bond acceptors (Lipinski definition) is 2. The summed E-state index contributed by atoms with van der Waals surface area (Å²) in [7, 11) is 0. The second-order valence-corrected chi connectivity index (χ2v) is 6.52. The van der Waals surface area contributed by atoms with E-state index in [0.717, 1.165) is 6.54 Å². The normalized spacial score (nSPS) is 19.2. The maximum Gasteiger partial charge on any atom is 0.0295 e. The number of rotatable bonds is 5. The van der Waals surface area contributed by atoms with E-state index in [0.29, 0.717) is 12.1 Å². The van der Waals surface area contributed by atoms with Crippen LogP contribution in [-0.4, -0.2) is 30.6 Å². The van der Waals surface area contributed by atoms with Crippen LogP contribution in [0.25, 0.3) is 0 Å². The Hall–Kier alpha value is -0.860. The highest BCUT2D eigenvalue weighted by atomic mass is 15.2. The van der Waals surface area contributed by atoms with Gasteiger partial charge in [-0.15, -0.1) is 0 Å². The smallest absolute Gasteiger partial charge is 0.0295 e. The van der Waals surface area contributed by atoms with E-state index in [4.69, 9.17) is 0 Å². The third-order valence-electron chi connectivity index (χ3n) is 4.83. The Balaban J connectivity index is 1.94. The molecule has 0 spiro atoms. The van der Waals surface area contributed by atoms with Crippen molar-refractivity contribution in [2.45, 2.75) is 59.5 Å². The third-order valence-corrected chi connectivity index (χ3v) is 4.83. The molecule has 2 unspecified atom stereocenters. The number of hydrogen-bond donors (Lipinski definition) is 1. The van der Waals surface area contributed by atoms with E-state index in [1.165, 1.54) is 48.2 Å². The van der Waals surface area contributed by atoms with Crippen LogP contribution >= 0.6 is 0 Å². The minimum absolute atomic E-state index is 0.430. The fourth-order valence-electron chi connectivity index (χ4n) is 3.22. The quantitative estimate of drug-likeness (QED) is 0.880. The maximum absolute atomic E-state index is 3.72. The van der Waals surface area contributed by atoms with Crippen molar-refractivity contribution in [3.05, 3.63) is 34.4 Å². The fourth-order valence-corrected chi connectivity index (χ4v) is 3.22. The molecule has 2 nitrogen and oxygen atoms in total. The molecule has 0 bridgehead atoms. The van der Waals surface area contributed by atoms with E-state index in [1.807, 2.05) is 0 Å². The zero-order valence-corrected chi connectivity index (χ0v) is 13.8. The van der Waals surface area contributed by atoms with E-state index in [-0.39, 0.29) is 0 Å². The molecule has 20 heavy (non-hydrogen) atoms. The molecule has 1 aliphatic rings. The van der Waals surface area contributed by atoms with Crippen molar-refractivity contribution in [1.82, 2.24) is 10.2 Å². The van der Waals surface area contributed by atoms with Gasteiger partial charge in [0.05, 0.1) is 0 Å². The second kappa shape index (κ2) is 6.73. The second-order valence-electron chi connectivity index (χ2n) is 6.52. The van der Waals surface area contributed by atoms with Crippen LogP contribution in [0.1, 0.15) is 55.0 Å².